The smallest absolute Gasteiger partial charge is 0.338 e. The van der Waals surface area contributed by atoms with Crippen LogP contribution in [0.15, 0.2) is 66.7 Å². The van der Waals surface area contributed by atoms with Crippen molar-refractivity contribution < 1.29 is 37.8 Å². The number of ether oxygens (including phenoxy) is 5. The van der Waals surface area contributed by atoms with Crippen molar-refractivity contribution in [3.8, 4) is 11.5 Å². The maximum atomic E-state index is 15.0. The fraction of sp³-hybridized carbons (Fsp3) is 0.231. The number of hydrogen-bond donors (Lipinski definition) is 0. The molecule has 2 atom stereocenters. The van der Waals surface area contributed by atoms with Gasteiger partial charge < -0.3 is 28.2 Å². The second-order valence-electron chi connectivity index (χ2n) is 8.52. The Balaban J connectivity index is 1.42. The summed E-state index contributed by atoms with van der Waals surface area (Å²) in [6.45, 7) is 1.49. The summed E-state index contributed by atoms with van der Waals surface area (Å²) in [4.78, 5) is 25.3. The monoisotopic (exact) mass is 492 g/mol. The zero-order valence-electron chi connectivity index (χ0n) is 18.5. The lowest BCUT2D eigenvalue weighted by Gasteiger charge is -2.29. The summed E-state index contributed by atoms with van der Waals surface area (Å²) in [6, 6.07) is 18.5. The third kappa shape index (κ3) is 4.25. The maximum absolute atomic E-state index is 15.0. The van der Waals surface area contributed by atoms with E-state index in [1.807, 2.05) is 6.07 Å². The molecule has 0 radical (unpaired) electrons. The van der Waals surface area contributed by atoms with E-state index in [4.69, 9.17) is 23.7 Å². The van der Waals surface area contributed by atoms with Crippen LogP contribution in [0, 0.1) is 0 Å². The first-order valence-electron chi connectivity index (χ1n) is 11.2. The third-order valence-electron chi connectivity index (χ3n) is 6.01. The zero-order valence-corrected chi connectivity index (χ0v) is 19.4. The van der Waals surface area contributed by atoms with E-state index in [1.165, 1.54) is 0 Å². The second kappa shape index (κ2) is 8.64. The third-order valence-corrected chi connectivity index (χ3v) is 9.09. The molecule has 0 aliphatic carbocycles. The van der Waals surface area contributed by atoms with Crippen LogP contribution < -0.4 is 20.7 Å². The van der Waals surface area contributed by atoms with Crippen molar-refractivity contribution in [3.05, 3.63) is 77.9 Å². The van der Waals surface area contributed by atoms with Crippen molar-refractivity contribution in [2.45, 2.75) is 12.2 Å². The van der Waals surface area contributed by atoms with E-state index in [2.05, 4.69) is 0 Å². The van der Waals surface area contributed by atoms with Gasteiger partial charge in [0.2, 0.25) is 0 Å². The predicted molar refractivity (Wildman–Crippen MR) is 126 cm³/mol. The minimum atomic E-state index is -3.52. The van der Waals surface area contributed by atoms with Crippen LogP contribution in [-0.4, -0.2) is 50.6 Å². The molecule has 0 N–H and O–H groups in total. The minimum Gasteiger partial charge on any atom is -0.459 e. The molecule has 9 heteroatoms. The van der Waals surface area contributed by atoms with Crippen molar-refractivity contribution in [2.24, 2.45) is 0 Å². The normalized spacial score (nSPS) is 23.3. The molecule has 2 saturated heterocycles. The molecule has 178 valence electrons. The fourth-order valence-corrected chi connectivity index (χ4v) is 6.86. The number of carbonyl (C=O) groups is 2. The highest BCUT2D eigenvalue weighted by Gasteiger charge is 2.40. The zero-order chi connectivity index (χ0) is 24.0. The molecule has 3 aromatic rings. The standard InChI is InChI=1S/C26H21O8P/c27-25(32-14-18-12-30-18)16-6-8-21-23(10-16)35(29,20-4-2-1-3-5-20)24-11-17(7-9-22(24)34-21)26(28)33-15-19-13-31-19/h1-11,18-19H,12-15H2. The van der Waals surface area contributed by atoms with Crippen LogP contribution >= 0.6 is 7.14 Å². The minimum absolute atomic E-state index is 0.0631. The van der Waals surface area contributed by atoms with E-state index in [0.29, 0.717) is 40.6 Å². The molecule has 3 aliphatic rings. The first-order chi connectivity index (χ1) is 17.0. The molecule has 0 spiro atoms. The lowest BCUT2D eigenvalue weighted by atomic mass is 10.2. The first kappa shape index (κ1) is 22.0. The summed E-state index contributed by atoms with van der Waals surface area (Å²) >= 11 is 0. The van der Waals surface area contributed by atoms with Crippen molar-refractivity contribution >= 4 is 35.0 Å². The number of hydrogen-bond acceptors (Lipinski definition) is 8. The van der Waals surface area contributed by atoms with E-state index in [0.717, 1.165) is 0 Å². The molecular formula is C26H21O8P. The van der Waals surface area contributed by atoms with Crippen LogP contribution in [0.5, 0.6) is 11.5 Å². The van der Waals surface area contributed by atoms with Gasteiger partial charge in [-0.15, -0.1) is 0 Å². The summed E-state index contributed by atoms with van der Waals surface area (Å²) in [5.74, 6) is -0.303. The van der Waals surface area contributed by atoms with Gasteiger partial charge in [0, 0.05) is 5.30 Å². The average molecular weight is 492 g/mol. The van der Waals surface area contributed by atoms with Crippen molar-refractivity contribution in [1.29, 1.82) is 0 Å². The molecule has 0 amide bonds. The summed E-state index contributed by atoms with van der Waals surface area (Å²) in [6.07, 6.45) is -0.126. The Morgan fingerprint density at radius 2 is 1.26 bits per heavy atom. The van der Waals surface area contributed by atoms with Crippen molar-refractivity contribution in [1.82, 2.24) is 0 Å². The first-order valence-corrected chi connectivity index (χ1v) is 12.9. The van der Waals surface area contributed by atoms with Gasteiger partial charge in [-0.3, -0.25) is 0 Å². The van der Waals surface area contributed by atoms with Gasteiger partial charge in [-0.05, 0) is 36.4 Å². The number of benzene rings is 3. The Hall–Kier alpha value is -3.45. The number of epoxide rings is 2. The summed E-state index contributed by atoms with van der Waals surface area (Å²) in [7, 11) is -3.52. The Kier molecular flexibility index (Phi) is 5.44. The lowest BCUT2D eigenvalue weighted by molar-refractivity contribution is 0.0469. The van der Waals surface area contributed by atoms with E-state index in [1.54, 1.807) is 60.7 Å². The Morgan fingerprint density at radius 3 is 1.71 bits per heavy atom. The molecule has 3 heterocycles. The van der Waals surface area contributed by atoms with Gasteiger partial charge in [0.25, 0.3) is 0 Å². The number of rotatable bonds is 7. The molecular weight excluding hydrogens is 471 g/mol. The molecule has 2 fully saturated rings. The summed E-state index contributed by atoms with van der Waals surface area (Å²) in [5.41, 5.74) is 0.514. The van der Waals surface area contributed by atoms with E-state index < -0.39 is 19.1 Å². The van der Waals surface area contributed by atoms with Crippen LogP contribution in [-0.2, 0) is 23.5 Å². The summed E-state index contributed by atoms with van der Waals surface area (Å²) < 4.78 is 41.9. The highest BCUT2D eigenvalue weighted by atomic mass is 31.2. The highest BCUT2D eigenvalue weighted by molar-refractivity contribution is 7.85. The van der Waals surface area contributed by atoms with E-state index in [-0.39, 0.29) is 36.5 Å². The average Bonchev–Trinajstić information content (AvgIpc) is 3.82. The maximum Gasteiger partial charge on any atom is 0.338 e. The molecule has 3 aliphatic heterocycles. The molecule has 6 rings (SSSR count). The number of carbonyl (C=O) groups excluding carboxylic acids is 2. The lowest BCUT2D eigenvalue weighted by Crippen LogP contribution is -2.32. The van der Waals surface area contributed by atoms with Gasteiger partial charge in [-0.2, -0.15) is 0 Å². The van der Waals surface area contributed by atoms with Gasteiger partial charge in [0.15, 0.2) is 7.14 Å². The quantitative estimate of drug-likeness (QED) is 0.220. The van der Waals surface area contributed by atoms with E-state index >= 15 is 0 Å². The van der Waals surface area contributed by atoms with Gasteiger partial charge in [0.1, 0.15) is 36.9 Å². The number of fused-ring (bicyclic) bond motifs is 2. The topological polar surface area (TPSA) is 104 Å². The van der Waals surface area contributed by atoms with Crippen LogP contribution in [0.4, 0.5) is 0 Å². The van der Waals surface area contributed by atoms with Gasteiger partial charge in [0.05, 0.1) is 34.9 Å². The Labute approximate surface area is 201 Å². The molecule has 2 unspecified atom stereocenters. The van der Waals surface area contributed by atoms with E-state index in [9.17, 15) is 14.2 Å². The fourth-order valence-electron chi connectivity index (χ4n) is 3.95. The molecule has 0 aromatic heterocycles. The molecule has 3 aromatic carbocycles. The predicted octanol–water partition coefficient (Wildman–Crippen LogP) is 2.54. The van der Waals surface area contributed by atoms with Crippen LogP contribution in [0.3, 0.4) is 0 Å². The Bertz CT molecular complexity index is 1280. The number of esters is 2. The van der Waals surface area contributed by atoms with Crippen LogP contribution in [0.1, 0.15) is 20.7 Å². The largest absolute Gasteiger partial charge is 0.459 e. The summed E-state index contributed by atoms with van der Waals surface area (Å²) in [5, 5.41) is 1.29. The second-order valence-corrected chi connectivity index (χ2v) is 11.2. The van der Waals surface area contributed by atoms with Crippen LogP contribution in [0.25, 0.3) is 0 Å². The Morgan fingerprint density at radius 1 is 0.771 bits per heavy atom. The molecule has 0 bridgehead atoms. The van der Waals surface area contributed by atoms with Gasteiger partial charge in [-0.1, -0.05) is 30.3 Å². The van der Waals surface area contributed by atoms with Crippen LogP contribution in [0.2, 0.25) is 0 Å². The highest BCUT2D eigenvalue weighted by Crippen LogP contribution is 2.51. The molecule has 8 nitrogen and oxygen atoms in total. The van der Waals surface area contributed by atoms with Gasteiger partial charge in [-0.25, -0.2) is 9.59 Å². The molecule has 35 heavy (non-hydrogen) atoms. The molecule has 0 saturated carbocycles. The SMILES string of the molecule is O=C(OCC1CO1)c1ccc2c(c1)P(=O)(c1ccccc1)c1cc(C(=O)OCC3CO3)ccc1O2. The van der Waals surface area contributed by atoms with Gasteiger partial charge >= 0.3 is 11.9 Å². The van der Waals surface area contributed by atoms with Crippen molar-refractivity contribution in [3.63, 3.8) is 0 Å². The van der Waals surface area contributed by atoms with Crippen molar-refractivity contribution in [2.75, 3.05) is 26.4 Å².